The molecule has 6 nitrogen and oxygen atoms in total. The molecule has 1 N–H and O–H groups in total. The quantitative estimate of drug-likeness (QED) is 0.580. The standard InChI is InChI=1S/C20H18F3N3O3S2/c1-26(31(2,28)29)16-9-5-14(6-10-16)17-12-30-19(24-17)25-18(27)11-13-3-7-15(8-4-13)20(21,22)23/h3-10,12H,11H2,1-2H3,(H,24,25,27). The average molecular weight is 470 g/mol. The van der Waals surface area contributed by atoms with E-state index in [9.17, 15) is 26.4 Å². The highest BCUT2D eigenvalue weighted by Crippen LogP contribution is 2.30. The molecule has 0 bridgehead atoms. The summed E-state index contributed by atoms with van der Waals surface area (Å²) in [5.74, 6) is -0.397. The van der Waals surface area contributed by atoms with Gasteiger partial charge in [0.15, 0.2) is 5.13 Å². The summed E-state index contributed by atoms with van der Waals surface area (Å²) in [6, 6.07) is 11.2. The van der Waals surface area contributed by atoms with Crippen LogP contribution in [0.3, 0.4) is 0 Å². The van der Waals surface area contributed by atoms with Gasteiger partial charge in [0.1, 0.15) is 0 Å². The maximum atomic E-state index is 12.6. The molecule has 164 valence electrons. The molecular formula is C20H18F3N3O3S2. The Labute approximate surface area is 181 Å². The maximum Gasteiger partial charge on any atom is 0.416 e. The lowest BCUT2D eigenvalue weighted by Gasteiger charge is -2.16. The molecule has 0 saturated carbocycles. The van der Waals surface area contributed by atoms with E-state index < -0.39 is 27.7 Å². The van der Waals surface area contributed by atoms with Crippen LogP contribution in [0.2, 0.25) is 0 Å². The highest BCUT2D eigenvalue weighted by molar-refractivity contribution is 7.92. The topological polar surface area (TPSA) is 79.4 Å². The fourth-order valence-electron chi connectivity index (χ4n) is 2.66. The van der Waals surface area contributed by atoms with Crippen LogP contribution < -0.4 is 9.62 Å². The van der Waals surface area contributed by atoms with Gasteiger partial charge >= 0.3 is 6.18 Å². The Bertz CT molecular complexity index is 1170. The van der Waals surface area contributed by atoms with Gasteiger partial charge in [-0.3, -0.25) is 9.10 Å². The lowest BCUT2D eigenvalue weighted by Crippen LogP contribution is -2.24. The molecule has 3 rings (SSSR count). The second-order valence-corrected chi connectivity index (χ2v) is 9.61. The molecule has 1 heterocycles. The third-order valence-electron chi connectivity index (χ3n) is 4.42. The normalized spacial score (nSPS) is 11.9. The zero-order chi connectivity index (χ0) is 22.8. The predicted octanol–water partition coefficient (Wildman–Crippen LogP) is 4.41. The molecule has 3 aromatic rings. The van der Waals surface area contributed by atoms with Crippen molar-refractivity contribution >= 4 is 38.1 Å². The average Bonchev–Trinajstić information content (AvgIpc) is 3.15. The van der Waals surface area contributed by atoms with Crippen LogP contribution in [-0.4, -0.2) is 32.6 Å². The fourth-order valence-corrected chi connectivity index (χ4v) is 3.90. The van der Waals surface area contributed by atoms with Crippen LogP contribution >= 0.6 is 11.3 Å². The van der Waals surface area contributed by atoms with Crippen LogP contribution in [0, 0.1) is 0 Å². The minimum absolute atomic E-state index is 0.0838. The van der Waals surface area contributed by atoms with Crippen molar-refractivity contribution < 1.29 is 26.4 Å². The summed E-state index contributed by atoms with van der Waals surface area (Å²) in [5, 5.41) is 4.72. The lowest BCUT2D eigenvalue weighted by molar-refractivity contribution is -0.137. The zero-order valence-electron chi connectivity index (χ0n) is 16.5. The number of nitrogens with one attached hydrogen (secondary N) is 1. The molecule has 0 atom stereocenters. The first kappa shape index (κ1) is 22.8. The van der Waals surface area contributed by atoms with Crippen molar-refractivity contribution in [3.05, 3.63) is 65.0 Å². The lowest BCUT2D eigenvalue weighted by atomic mass is 10.1. The first-order valence-corrected chi connectivity index (χ1v) is 11.6. The van der Waals surface area contributed by atoms with Gasteiger partial charge in [0, 0.05) is 18.0 Å². The predicted molar refractivity (Wildman–Crippen MR) is 115 cm³/mol. The van der Waals surface area contributed by atoms with E-state index in [4.69, 9.17) is 0 Å². The van der Waals surface area contributed by atoms with E-state index in [-0.39, 0.29) is 6.42 Å². The first-order valence-electron chi connectivity index (χ1n) is 8.89. The molecular weight excluding hydrogens is 451 g/mol. The number of rotatable bonds is 6. The summed E-state index contributed by atoms with van der Waals surface area (Å²) < 4.78 is 62.2. The number of sulfonamides is 1. The van der Waals surface area contributed by atoms with Gasteiger partial charge in [-0.15, -0.1) is 11.3 Å². The Morgan fingerprint density at radius 3 is 2.26 bits per heavy atom. The Hall–Kier alpha value is -2.92. The van der Waals surface area contributed by atoms with Crippen molar-refractivity contribution in [2.24, 2.45) is 0 Å². The van der Waals surface area contributed by atoms with Gasteiger partial charge in [0.05, 0.1) is 29.6 Å². The highest BCUT2D eigenvalue weighted by atomic mass is 32.2. The molecule has 0 aliphatic heterocycles. The molecule has 11 heteroatoms. The van der Waals surface area contributed by atoms with Gasteiger partial charge in [0.2, 0.25) is 15.9 Å². The van der Waals surface area contributed by atoms with Gasteiger partial charge in [-0.1, -0.05) is 24.3 Å². The smallest absolute Gasteiger partial charge is 0.302 e. The van der Waals surface area contributed by atoms with Crippen molar-refractivity contribution in [1.29, 1.82) is 0 Å². The molecule has 0 aliphatic rings. The number of aromatic nitrogens is 1. The number of nitrogens with zero attached hydrogens (tertiary/aromatic N) is 2. The molecule has 1 aromatic heterocycles. The van der Waals surface area contributed by atoms with E-state index in [1.54, 1.807) is 29.6 Å². The van der Waals surface area contributed by atoms with Crippen molar-refractivity contribution in [3.8, 4) is 11.3 Å². The number of benzene rings is 2. The Morgan fingerprint density at radius 1 is 1.10 bits per heavy atom. The van der Waals surface area contributed by atoms with E-state index >= 15 is 0 Å². The van der Waals surface area contributed by atoms with Gasteiger partial charge in [-0.25, -0.2) is 13.4 Å². The third kappa shape index (κ3) is 5.82. The Morgan fingerprint density at radius 2 is 1.71 bits per heavy atom. The first-order chi connectivity index (χ1) is 14.4. The number of carbonyl (C=O) groups excluding carboxylic acids is 1. The van der Waals surface area contributed by atoms with Crippen LogP contribution in [0.5, 0.6) is 0 Å². The van der Waals surface area contributed by atoms with E-state index in [1.807, 2.05) is 0 Å². The van der Waals surface area contributed by atoms with Crippen molar-refractivity contribution in [2.75, 3.05) is 22.9 Å². The molecule has 0 spiro atoms. The number of thiazole rings is 1. The summed E-state index contributed by atoms with van der Waals surface area (Å²) in [6.45, 7) is 0. The van der Waals surface area contributed by atoms with Gasteiger partial charge in [-0.2, -0.15) is 13.2 Å². The van der Waals surface area contributed by atoms with E-state index in [0.29, 0.717) is 22.1 Å². The maximum absolute atomic E-state index is 12.6. The number of halogens is 3. The number of alkyl halides is 3. The molecule has 2 aromatic carbocycles. The molecule has 0 radical (unpaired) electrons. The van der Waals surface area contributed by atoms with Crippen molar-refractivity contribution in [2.45, 2.75) is 12.6 Å². The summed E-state index contributed by atoms with van der Waals surface area (Å²) in [6.07, 6.45) is -3.39. The van der Waals surface area contributed by atoms with Crippen LogP contribution in [0.4, 0.5) is 24.0 Å². The van der Waals surface area contributed by atoms with Crippen LogP contribution in [0.25, 0.3) is 11.3 Å². The Balaban J connectivity index is 1.64. The highest BCUT2D eigenvalue weighted by Gasteiger charge is 2.30. The minimum Gasteiger partial charge on any atom is -0.302 e. The summed E-state index contributed by atoms with van der Waals surface area (Å²) in [5.41, 5.74) is 1.53. The van der Waals surface area contributed by atoms with Crippen molar-refractivity contribution in [3.63, 3.8) is 0 Å². The van der Waals surface area contributed by atoms with E-state index in [0.717, 1.165) is 28.3 Å². The van der Waals surface area contributed by atoms with Crippen LogP contribution in [0.1, 0.15) is 11.1 Å². The summed E-state index contributed by atoms with van der Waals surface area (Å²) >= 11 is 1.21. The number of anilines is 2. The summed E-state index contributed by atoms with van der Waals surface area (Å²) in [4.78, 5) is 16.5. The van der Waals surface area contributed by atoms with E-state index in [1.165, 1.54) is 30.5 Å². The third-order valence-corrected chi connectivity index (χ3v) is 6.38. The largest absolute Gasteiger partial charge is 0.416 e. The monoisotopic (exact) mass is 469 g/mol. The van der Waals surface area contributed by atoms with Crippen LogP contribution in [-0.2, 0) is 27.4 Å². The minimum atomic E-state index is -4.42. The SMILES string of the molecule is CN(c1ccc(-c2csc(NC(=O)Cc3ccc(C(F)(F)F)cc3)n2)cc1)S(C)(=O)=O. The second kappa shape index (κ2) is 8.67. The van der Waals surface area contributed by atoms with Crippen molar-refractivity contribution in [1.82, 2.24) is 4.98 Å². The van der Waals surface area contributed by atoms with E-state index in [2.05, 4.69) is 10.3 Å². The van der Waals surface area contributed by atoms with Gasteiger partial charge in [-0.05, 0) is 29.8 Å². The fraction of sp³-hybridized carbons (Fsp3) is 0.200. The summed E-state index contributed by atoms with van der Waals surface area (Å²) in [7, 11) is -1.91. The molecule has 31 heavy (non-hydrogen) atoms. The molecule has 0 unspecified atom stereocenters. The second-order valence-electron chi connectivity index (χ2n) is 6.73. The molecule has 0 saturated heterocycles. The zero-order valence-corrected chi connectivity index (χ0v) is 18.1. The number of hydrogen-bond donors (Lipinski definition) is 1. The van der Waals surface area contributed by atoms with Gasteiger partial charge < -0.3 is 5.32 Å². The molecule has 1 amide bonds. The Kier molecular flexibility index (Phi) is 6.37. The number of carbonyl (C=O) groups is 1. The number of amides is 1. The molecule has 0 fully saturated rings. The van der Waals surface area contributed by atoms with Gasteiger partial charge in [0.25, 0.3) is 0 Å². The number of hydrogen-bond acceptors (Lipinski definition) is 5. The van der Waals surface area contributed by atoms with Crippen LogP contribution in [0.15, 0.2) is 53.9 Å². The molecule has 0 aliphatic carbocycles.